The Morgan fingerprint density at radius 2 is 2.14 bits per heavy atom. The number of amides is 3. The summed E-state index contributed by atoms with van der Waals surface area (Å²) in [5, 5.41) is 6.67. The van der Waals surface area contributed by atoms with E-state index in [1.54, 1.807) is 0 Å². The van der Waals surface area contributed by atoms with Crippen LogP contribution in [-0.4, -0.2) is 72.6 Å². The summed E-state index contributed by atoms with van der Waals surface area (Å²) in [6.45, 7) is 1.75. The first-order valence-electron chi connectivity index (χ1n) is 7.13. The van der Waals surface area contributed by atoms with Crippen molar-refractivity contribution in [1.29, 1.82) is 0 Å². The number of nitrogens with zero attached hydrogens (tertiary/aromatic N) is 2. The Bertz CT molecular complexity index is 575. The number of piperidine rings is 1. The predicted molar refractivity (Wildman–Crippen MR) is 72.8 cm³/mol. The fourth-order valence-corrected chi connectivity index (χ4v) is 3.57. The molecule has 10 nitrogen and oxygen atoms in total. The van der Waals surface area contributed by atoms with Crippen LogP contribution in [0.25, 0.3) is 0 Å². The van der Waals surface area contributed by atoms with Gasteiger partial charge in [-0.3, -0.25) is 9.35 Å². The lowest BCUT2D eigenvalue weighted by atomic mass is 10.00. The zero-order valence-corrected chi connectivity index (χ0v) is 12.6. The molecule has 0 unspecified atom stereocenters. The van der Waals surface area contributed by atoms with Crippen LogP contribution in [0.1, 0.15) is 19.3 Å². The Labute approximate surface area is 127 Å². The molecule has 0 spiro atoms. The van der Waals surface area contributed by atoms with E-state index in [0.29, 0.717) is 24.4 Å². The van der Waals surface area contributed by atoms with Gasteiger partial charge in [-0.1, -0.05) is 0 Å². The van der Waals surface area contributed by atoms with Crippen molar-refractivity contribution in [3.8, 4) is 0 Å². The van der Waals surface area contributed by atoms with Crippen molar-refractivity contribution in [2.45, 2.75) is 37.4 Å². The van der Waals surface area contributed by atoms with Gasteiger partial charge in [0.2, 0.25) is 5.91 Å². The third-order valence-corrected chi connectivity index (χ3v) is 4.56. The van der Waals surface area contributed by atoms with Crippen LogP contribution in [0.4, 0.5) is 4.79 Å². The highest BCUT2D eigenvalue weighted by atomic mass is 32.3. The number of hydroxylamine groups is 2. The minimum Gasteiger partial charge on any atom is -0.350 e. The van der Waals surface area contributed by atoms with E-state index in [9.17, 15) is 18.0 Å². The van der Waals surface area contributed by atoms with Crippen LogP contribution in [0, 0.1) is 0 Å². The van der Waals surface area contributed by atoms with E-state index < -0.39 is 28.5 Å². The van der Waals surface area contributed by atoms with Crippen molar-refractivity contribution < 1.29 is 26.8 Å². The van der Waals surface area contributed by atoms with Crippen molar-refractivity contribution in [1.82, 2.24) is 20.6 Å². The standard InChI is InChI=1S/C11H18N4O6S/c16-10(13-7-3-4-12-5-7)9-2-1-8-6-14(9)11(17)15(8)21-22(18,19)20/h7-9,12H,1-6H2,(H,13,16)(H,18,19,20)/t7-,8-,9+/m1/s1. The number of hydrogen-bond donors (Lipinski definition) is 3. The Morgan fingerprint density at radius 3 is 2.77 bits per heavy atom. The fraction of sp³-hybridized carbons (Fsp3) is 0.818. The summed E-state index contributed by atoms with van der Waals surface area (Å²) in [6.07, 6.45) is 1.69. The van der Waals surface area contributed by atoms with Gasteiger partial charge in [-0.05, 0) is 25.8 Å². The number of carbonyl (C=O) groups is 2. The maximum atomic E-state index is 12.3. The van der Waals surface area contributed by atoms with Crippen molar-refractivity contribution >= 4 is 22.3 Å². The minimum absolute atomic E-state index is 0.0492. The third-order valence-electron chi connectivity index (χ3n) is 4.21. The summed E-state index contributed by atoms with van der Waals surface area (Å²) >= 11 is 0. The molecule has 3 heterocycles. The molecule has 22 heavy (non-hydrogen) atoms. The number of fused-ring (bicyclic) bond motifs is 2. The van der Waals surface area contributed by atoms with E-state index >= 15 is 0 Å². The summed E-state index contributed by atoms with van der Waals surface area (Å²) in [4.78, 5) is 25.8. The Hall–Kier alpha value is -1.43. The van der Waals surface area contributed by atoms with Gasteiger partial charge in [0.05, 0.1) is 6.04 Å². The van der Waals surface area contributed by atoms with Gasteiger partial charge in [0.15, 0.2) is 0 Å². The molecule has 3 atom stereocenters. The molecule has 0 aliphatic carbocycles. The van der Waals surface area contributed by atoms with Gasteiger partial charge in [-0.2, -0.15) is 13.5 Å². The molecule has 0 aromatic heterocycles. The molecular weight excluding hydrogens is 316 g/mol. The van der Waals surface area contributed by atoms with E-state index in [2.05, 4.69) is 14.9 Å². The number of nitrogens with one attached hydrogen (secondary N) is 2. The van der Waals surface area contributed by atoms with Gasteiger partial charge in [-0.15, -0.1) is 4.28 Å². The van der Waals surface area contributed by atoms with Crippen molar-refractivity contribution in [2.24, 2.45) is 0 Å². The molecule has 124 valence electrons. The van der Waals surface area contributed by atoms with Crippen LogP contribution in [0.5, 0.6) is 0 Å². The first kappa shape index (κ1) is 15.5. The molecule has 11 heteroatoms. The Kier molecular flexibility index (Phi) is 3.97. The zero-order chi connectivity index (χ0) is 15.9. The van der Waals surface area contributed by atoms with Crippen molar-refractivity contribution in [3.05, 3.63) is 0 Å². The molecular formula is C11H18N4O6S. The Morgan fingerprint density at radius 1 is 1.36 bits per heavy atom. The fourth-order valence-electron chi connectivity index (χ4n) is 3.18. The number of rotatable bonds is 4. The lowest BCUT2D eigenvalue weighted by Crippen LogP contribution is -2.52. The van der Waals surface area contributed by atoms with Gasteiger partial charge >= 0.3 is 16.4 Å². The Balaban J connectivity index is 1.67. The average Bonchev–Trinajstić information content (AvgIpc) is 3.01. The zero-order valence-electron chi connectivity index (χ0n) is 11.8. The second-order valence-corrected chi connectivity index (χ2v) is 6.71. The third kappa shape index (κ3) is 3.02. The number of urea groups is 1. The highest BCUT2D eigenvalue weighted by molar-refractivity contribution is 7.80. The first-order chi connectivity index (χ1) is 10.3. The minimum atomic E-state index is -4.77. The van der Waals surface area contributed by atoms with Gasteiger partial charge in [0, 0.05) is 19.1 Å². The van der Waals surface area contributed by atoms with Crippen LogP contribution < -0.4 is 10.6 Å². The molecule has 3 aliphatic heterocycles. The van der Waals surface area contributed by atoms with E-state index in [4.69, 9.17) is 4.55 Å². The summed E-state index contributed by atoms with van der Waals surface area (Å²) in [5.74, 6) is -0.241. The molecule has 2 bridgehead atoms. The van der Waals surface area contributed by atoms with Gasteiger partial charge in [-0.25, -0.2) is 4.79 Å². The lowest BCUT2D eigenvalue weighted by Gasteiger charge is -2.30. The molecule has 0 saturated carbocycles. The lowest BCUT2D eigenvalue weighted by molar-refractivity contribution is -0.126. The van der Waals surface area contributed by atoms with Crippen LogP contribution in [0.2, 0.25) is 0 Å². The second kappa shape index (κ2) is 5.65. The van der Waals surface area contributed by atoms with Gasteiger partial charge in [0.25, 0.3) is 0 Å². The maximum Gasteiger partial charge on any atom is 0.418 e. The topological polar surface area (TPSA) is 128 Å². The normalized spacial score (nSPS) is 31.7. The summed E-state index contributed by atoms with van der Waals surface area (Å²) < 4.78 is 34.6. The van der Waals surface area contributed by atoms with Crippen LogP contribution in [0.15, 0.2) is 0 Å². The van der Waals surface area contributed by atoms with Crippen LogP contribution >= 0.6 is 0 Å². The largest absolute Gasteiger partial charge is 0.418 e. The van der Waals surface area contributed by atoms with Gasteiger partial charge < -0.3 is 15.5 Å². The quantitative estimate of drug-likeness (QED) is 0.532. The maximum absolute atomic E-state index is 12.3. The SMILES string of the molecule is O=C(N[C@@H]1CCNC1)[C@@H]1CC[C@@H]2CN1C(=O)N2OS(=O)(=O)O. The van der Waals surface area contributed by atoms with E-state index in [-0.39, 0.29) is 18.5 Å². The predicted octanol–water partition coefficient (Wildman–Crippen LogP) is -1.53. The molecule has 3 rings (SSSR count). The summed E-state index contributed by atoms with van der Waals surface area (Å²) in [7, 11) is -4.77. The highest BCUT2D eigenvalue weighted by Gasteiger charge is 2.49. The van der Waals surface area contributed by atoms with Crippen molar-refractivity contribution in [3.63, 3.8) is 0 Å². The molecule has 0 aromatic carbocycles. The highest BCUT2D eigenvalue weighted by Crippen LogP contribution is 2.30. The van der Waals surface area contributed by atoms with Crippen molar-refractivity contribution in [2.75, 3.05) is 19.6 Å². The smallest absolute Gasteiger partial charge is 0.350 e. The second-order valence-electron chi connectivity index (χ2n) is 5.71. The number of hydrogen-bond acceptors (Lipinski definition) is 6. The van der Waals surface area contributed by atoms with Crippen LogP contribution in [-0.2, 0) is 19.5 Å². The summed E-state index contributed by atoms with van der Waals surface area (Å²) in [6, 6.07) is -1.79. The summed E-state index contributed by atoms with van der Waals surface area (Å²) in [5.41, 5.74) is 0. The molecule has 3 fully saturated rings. The van der Waals surface area contributed by atoms with Crippen LogP contribution in [0.3, 0.4) is 0 Å². The molecule has 3 aliphatic rings. The monoisotopic (exact) mass is 334 g/mol. The number of carbonyl (C=O) groups excluding carboxylic acids is 2. The van der Waals surface area contributed by atoms with E-state index in [1.165, 1.54) is 4.90 Å². The van der Waals surface area contributed by atoms with Gasteiger partial charge in [0.1, 0.15) is 6.04 Å². The molecule has 0 radical (unpaired) electrons. The van der Waals surface area contributed by atoms with E-state index in [0.717, 1.165) is 13.0 Å². The first-order valence-corrected chi connectivity index (χ1v) is 8.49. The molecule has 3 saturated heterocycles. The van der Waals surface area contributed by atoms with E-state index in [1.807, 2.05) is 0 Å². The molecule has 0 aromatic rings. The molecule has 3 amide bonds. The average molecular weight is 334 g/mol. The molecule has 3 N–H and O–H groups in total.